The van der Waals surface area contributed by atoms with Gasteiger partial charge in [-0.3, -0.25) is 9.69 Å². The predicted molar refractivity (Wildman–Crippen MR) is 87.5 cm³/mol. The van der Waals surface area contributed by atoms with Crippen LogP contribution in [0.2, 0.25) is 0 Å². The molecule has 1 aromatic carbocycles. The van der Waals surface area contributed by atoms with Crippen LogP contribution >= 0.6 is 0 Å². The third-order valence-corrected chi connectivity index (χ3v) is 4.28. The van der Waals surface area contributed by atoms with E-state index < -0.39 is 0 Å². The number of amides is 1. The summed E-state index contributed by atoms with van der Waals surface area (Å²) in [6, 6.07) is 10.9. The van der Waals surface area contributed by atoms with E-state index in [1.165, 1.54) is 29.4 Å². The molecule has 122 valence electrons. The Morgan fingerprint density at radius 2 is 2.13 bits per heavy atom. The van der Waals surface area contributed by atoms with Gasteiger partial charge in [0.05, 0.1) is 0 Å². The minimum Gasteiger partial charge on any atom is -0.353 e. The summed E-state index contributed by atoms with van der Waals surface area (Å²) in [6.45, 7) is 2.97. The number of aromatic nitrogens is 3. The molecule has 1 aromatic heterocycles. The number of likely N-dealkylation sites (tertiary alicyclic amines) is 1. The molecule has 23 heavy (non-hydrogen) atoms. The molecular weight excluding hydrogens is 290 g/mol. The Morgan fingerprint density at radius 1 is 1.26 bits per heavy atom. The molecule has 0 spiro atoms. The average molecular weight is 313 g/mol. The van der Waals surface area contributed by atoms with E-state index in [4.69, 9.17) is 0 Å². The van der Waals surface area contributed by atoms with Crippen LogP contribution in [0.3, 0.4) is 0 Å². The highest BCUT2D eigenvalue weighted by Gasteiger charge is 2.22. The van der Waals surface area contributed by atoms with Crippen molar-refractivity contribution < 1.29 is 4.79 Å². The second-order valence-electron chi connectivity index (χ2n) is 6.00. The molecule has 2 aromatic rings. The lowest BCUT2D eigenvalue weighted by molar-refractivity contribution is -0.122. The highest BCUT2D eigenvalue weighted by molar-refractivity contribution is 5.75. The zero-order valence-electron chi connectivity index (χ0n) is 13.3. The Labute approximate surface area is 136 Å². The summed E-state index contributed by atoms with van der Waals surface area (Å²) in [7, 11) is 0. The molecular formula is C17H23N5O. The number of rotatable bonds is 6. The second kappa shape index (κ2) is 7.87. The van der Waals surface area contributed by atoms with Gasteiger partial charge in [0.15, 0.2) is 0 Å². The minimum atomic E-state index is -0.0132. The van der Waals surface area contributed by atoms with Gasteiger partial charge in [0, 0.05) is 19.1 Å². The number of carbonyl (C=O) groups is 1. The van der Waals surface area contributed by atoms with Crippen LogP contribution in [0.15, 0.2) is 43.0 Å². The van der Waals surface area contributed by atoms with Gasteiger partial charge < -0.3 is 5.32 Å². The topological polar surface area (TPSA) is 63.1 Å². The third kappa shape index (κ3) is 4.63. The Balaban J connectivity index is 1.51. The number of nitrogens with one attached hydrogen (secondary N) is 1. The van der Waals surface area contributed by atoms with E-state index in [-0.39, 0.29) is 12.5 Å². The van der Waals surface area contributed by atoms with Gasteiger partial charge in [-0.2, -0.15) is 5.10 Å². The van der Waals surface area contributed by atoms with Crippen molar-refractivity contribution in [2.24, 2.45) is 0 Å². The summed E-state index contributed by atoms with van der Waals surface area (Å²) in [5.41, 5.74) is 1.33. The van der Waals surface area contributed by atoms with Crippen molar-refractivity contribution in [3.05, 3.63) is 48.5 Å². The molecule has 1 atom stereocenters. The van der Waals surface area contributed by atoms with Gasteiger partial charge in [-0.1, -0.05) is 36.8 Å². The van der Waals surface area contributed by atoms with E-state index >= 15 is 0 Å². The smallest absolute Gasteiger partial charge is 0.241 e. The molecule has 3 rings (SSSR count). The number of benzene rings is 1. The Bertz CT molecular complexity index is 599. The Morgan fingerprint density at radius 3 is 2.91 bits per heavy atom. The van der Waals surface area contributed by atoms with Crippen LogP contribution in [0, 0.1) is 0 Å². The second-order valence-corrected chi connectivity index (χ2v) is 6.00. The monoisotopic (exact) mass is 313 g/mol. The maximum absolute atomic E-state index is 12.0. The standard InChI is InChI=1S/C17H23N5O/c23-17(12-22-14-18-13-20-22)19-10-16-8-4-5-9-21(16)11-15-6-2-1-3-7-15/h1-3,6-7,13-14,16H,4-5,8-12H2,(H,19,23). The maximum atomic E-state index is 12.0. The van der Waals surface area contributed by atoms with E-state index in [2.05, 4.69) is 44.6 Å². The van der Waals surface area contributed by atoms with Crippen molar-refractivity contribution in [2.75, 3.05) is 13.1 Å². The Kier molecular flexibility index (Phi) is 5.37. The van der Waals surface area contributed by atoms with E-state index in [1.54, 1.807) is 6.33 Å². The highest BCUT2D eigenvalue weighted by atomic mass is 16.2. The molecule has 1 fully saturated rings. The van der Waals surface area contributed by atoms with Gasteiger partial charge in [-0.25, -0.2) is 9.67 Å². The molecule has 0 saturated carbocycles. The number of hydrogen-bond acceptors (Lipinski definition) is 4. The van der Waals surface area contributed by atoms with Gasteiger partial charge in [-0.15, -0.1) is 0 Å². The van der Waals surface area contributed by atoms with Crippen LogP contribution in [0.25, 0.3) is 0 Å². The van der Waals surface area contributed by atoms with E-state index in [1.807, 2.05) is 6.07 Å². The number of nitrogens with zero attached hydrogens (tertiary/aromatic N) is 4. The first-order valence-corrected chi connectivity index (χ1v) is 8.18. The fourth-order valence-corrected chi connectivity index (χ4v) is 3.07. The zero-order valence-corrected chi connectivity index (χ0v) is 13.3. The summed E-state index contributed by atoms with van der Waals surface area (Å²) < 4.78 is 1.54. The SMILES string of the molecule is O=C(Cn1cncn1)NCC1CCCCN1Cc1ccccc1. The molecule has 0 radical (unpaired) electrons. The van der Waals surface area contributed by atoms with E-state index in [0.717, 1.165) is 19.5 Å². The quantitative estimate of drug-likeness (QED) is 0.877. The van der Waals surface area contributed by atoms with Crippen LogP contribution in [-0.4, -0.2) is 44.7 Å². The molecule has 6 heteroatoms. The summed E-state index contributed by atoms with van der Waals surface area (Å²) in [4.78, 5) is 18.3. The van der Waals surface area contributed by atoms with Crippen molar-refractivity contribution >= 4 is 5.91 Å². The normalized spacial score (nSPS) is 18.7. The number of piperidine rings is 1. The predicted octanol–water partition coefficient (Wildman–Crippen LogP) is 1.45. The van der Waals surface area contributed by atoms with Crippen molar-refractivity contribution in [3.8, 4) is 0 Å². The first-order valence-electron chi connectivity index (χ1n) is 8.18. The minimum absolute atomic E-state index is 0.0132. The largest absolute Gasteiger partial charge is 0.353 e. The molecule has 1 aliphatic heterocycles. The van der Waals surface area contributed by atoms with Crippen molar-refractivity contribution in [1.29, 1.82) is 0 Å². The van der Waals surface area contributed by atoms with E-state index in [9.17, 15) is 4.79 Å². The lowest BCUT2D eigenvalue weighted by Gasteiger charge is -2.35. The van der Waals surface area contributed by atoms with Crippen molar-refractivity contribution in [3.63, 3.8) is 0 Å². The van der Waals surface area contributed by atoms with Crippen LogP contribution in [0.5, 0.6) is 0 Å². The van der Waals surface area contributed by atoms with Crippen LogP contribution in [0.1, 0.15) is 24.8 Å². The fraction of sp³-hybridized carbons (Fsp3) is 0.471. The van der Waals surface area contributed by atoms with Crippen LogP contribution in [-0.2, 0) is 17.9 Å². The van der Waals surface area contributed by atoms with Crippen LogP contribution < -0.4 is 5.32 Å². The summed E-state index contributed by atoms with van der Waals surface area (Å²) >= 11 is 0. The van der Waals surface area contributed by atoms with Gasteiger partial charge in [0.2, 0.25) is 5.91 Å². The van der Waals surface area contributed by atoms with Crippen LogP contribution in [0.4, 0.5) is 0 Å². The third-order valence-electron chi connectivity index (χ3n) is 4.28. The lowest BCUT2D eigenvalue weighted by Crippen LogP contribution is -2.46. The molecule has 1 amide bonds. The number of carbonyl (C=O) groups excluding carboxylic acids is 1. The van der Waals surface area contributed by atoms with Gasteiger partial charge in [0.1, 0.15) is 19.2 Å². The molecule has 1 aliphatic rings. The summed E-state index contributed by atoms with van der Waals surface area (Å²) in [5.74, 6) is -0.0132. The fourth-order valence-electron chi connectivity index (χ4n) is 3.07. The first-order chi connectivity index (χ1) is 11.3. The molecule has 0 bridgehead atoms. The Hall–Kier alpha value is -2.21. The maximum Gasteiger partial charge on any atom is 0.241 e. The average Bonchev–Trinajstić information content (AvgIpc) is 3.08. The molecule has 1 N–H and O–H groups in total. The number of hydrogen-bond donors (Lipinski definition) is 1. The molecule has 1 unspecified atom stereocenters. The van der Waals surface area contributed by atoms with Gasteiger partial charge in [-0.05, 0) is 24.9 Å². The van der Waals surface area contributed by atoms with Crippen molar-refractivity contribution in [1.82, 2.24) is 25.0 Å². The summed E-state index contributed by atoms with van der Waals surface area (Å²) in [5, 5.41) is 6.99. The van der Waals surface area contributed by atoms with Gasteiger partial charge >= 0.3 is 0 Å². The molecule has 0 aliphatic carbocycles. The summed E-state index contributed by atoms with van der Waals surface area (Å²) in [6.07, 6.45) is 6.60. The molecule has 6 nitrogen and oxygen atoms in total. The van der Waals surface area contributed by atoms with Crippen molar-refractivity contribution in [2.45, 2.75) is 38.4 Å². The highest BCUT2D eigenvalue weighted by Crippen LogP contribution is 2.19. The van der Waals surface area contributed by atoms with Gasteiger partial charge in [0.25, 0.3) is 0 Å². The first kappa shape index (κ1) is 15.7. The molecule has 2 heterocycles. The van der Waals surface area contributed by atoms with E-state index in [0.29, 0.717) is 12.6 Å². The lowest BCUT2D eigenvalue weighted by atomic mass is 10.0. The molecule has 1 saturated heterocycles. The zero-order chi connectivity index (χ0) is 15.9.